The molecule has 1 heterocycles. The predicted molar refractivity (Wildman–Crippen MR) is 79.9 cm³/mol. The average molecular weight is 254 g/mol. The fourth-order valence-electron chi connectivity index (χ4n) is 2.48. The summed E-state index contributed by atoms with van der Waals surface area (Å²) in [5.41, 5.74) is 2.47. The Morgan fingerprint density at radius 3 is 2.74 bits per heavy atom. The normalized spacial score (nSPS) is 11.7. The molecular weight excluding hydrogens is 232 g/mol. The minimum Gasteiger partial charge on any atom is -0.347 e. The molecule has 0 aliphatic carbocycles. The lowest BCUT2D eigenvalue weighted by atomic mass is 9.89. The van der Waals surface area contributed by atoms with Crippen LogP contribution >= 0.6 is 0 Å². The monoisotopic (exact) mass is 254 g/mol. The van der Waals surface area contributed by atoms with Gasteiger partial charge in [0.25, 0.3) is 0 Å². The van der Waals surface area contributed by atoms with Gasteiger partial charge >= 0.3 is 0 Å². The maximum atomic E-state index is 8.99. The van der Waals surface area contributed by atoms with E-state index in [-0.39, 0.29) is 5.41 Å². The Hall–Kier alpha value is -1.75. The molecule has 19 heavy (non-hydrogen) atoms. The molecule has 0 aliphatic rings. The zero-order valence-corrected chi connectivity index (χ0v) is 12.1. The van der Waals surface area contributed by atoms with Gasteiger partial charge in [-0.25, -0.2) is 0 Å². The lowest BCUT2D eigenvalue weighted by molar-refractivity contribution is 0.418. The highest BCUT2D eigenvalue weighted by Crippen LogP contribution is 2.23. The van der Waals surface area contributed by atoms with Crippen LogP contribution in [0.1, 0.15) is 38.7 Å². The molecule has 2 rings (SSSR count). The first-order chi connectivity index (χ1) is 9.03. The summed E-state index contributed by atoms with van der Waals surface area (Å²) < 4.78 is 2.32. The molecule has 1 aromatic carbocycles. The van der Waals surface area contributed by atoms with Crippen LogP contribution in [0.15, 0.2) is 30.5 Å². The molecule has 0 aliphatic heterocycles. The summed E-state index contributed by atoms with van der Waals surface area (Å²) in [4.78, 5) is 0. The highest BCUT2D eigenvalue weighted by Gasteiger charge is 2.15. The van der Waals surface area contributed by atoms with Crippen molar-refractivity contribution in [2.24, 2.45) is 5.41 Å². The van der Waals surface area contributed by atoms with Crippen LogP contribution in [0.5, 0.6) is 0 Å². The zero-order valence-electron chi connectivity index (χ0n) is 12.1. The minimum atomic E-state index is -0.185. The van der Waals surface area contributed by atoms with Crippen molar-refractivity contribution in [3.8, 4) is 6.07 Å². The fourth-order valence-corrected chi connectivity index (χ4v) is 2.48. The summed E-state index contributed by atoms with van der Waals surface area (Å²) in [6.07, 6.45) is 5.38. The number of fused-ring (bicyclic) bond motifs is 1. The lowest BCUT2D eigenvalue weighted by Gasteiger charge is -2.14. The molecule has 0 bridgehead atoms. The molecule has 0 spiro atoms. The van der Waals surface area contributed by atoms with Crippen molar-refractivity contribution in [1.82, 2.24) is 4.57 Å². The first-order valence-corrected chi connectivity index (χ1v) is 6.99. The second-order valence-corrected chi connectivity index (χ2v) is 5.97. The lowest BCUT2D eigenvalue weighted by Crippen LogP contribution is -2.08. The molecular formula is C17H22N2. The third-order valence-corrected chi connectivity index (χ3v) is 3.79. The van der Waals surface area contributed by atoms with Gasteiger partial charge in [-0.05, 0) is 51.3 Å². The summed E-state index contributed by atoms with van der Waals surface area (Å²) in [5.74, 6) is 0. The van der Waals surface area contributed by atoms with Gasteiger partial charge in [0.15, 0.2) is 0 Å². The highest BCUT2D eigenvalue weighted by molar-refractivity contribution is 5.83. The molecule has 0 saturated heterocycles. The Labute approximate surface area is 115 Å². The molecule has 1 aromatic heterocycles. The van der Waals surface area contributed by atoms with Crippen molar-refractivity contribution in [3.05, 3.63) is 36.0 Å². The molecule has 0 N–H and O–H groups in total. The van der Waals surface area contributed by atoms with Crippen molar-refractivity contribution in [2.75, 3.05) is 0 Å². The smallest absolute Gasteiger partial charge is 0.0683 e. The van der Waals surface area contributed by atoms with E-state index in [0.29, 0.717) is 0 Å². The highest BCUT2D eigenvalue weighted by atomic mass is 14.9. The van der Waals surface area contributed by atoms with Crippen molar-refractivity contribution in [1.29, 1.82) is 5.26 Å². The van der Waals surface area contributed by atoms with Gasteiger partial charge in [-0.1, -0.05) is 18.6 Å². The summed E-state index contributed by atoms with van der Waals surface area (Å²) in [6, 6.07) is 11.0. The second kappa shape index (κ2) is 5.48. The standard InChI is InChI=1S/C17H22N2/c1-14-7-6-8-16-15(14)9-12-19(16)11-5-4-10-17(2,3)13-18/h6-9,12H,4-5,10-11H2,1-3H3. The average Bonchev–Trinajstić information content (AvgIpc) is 2.80. The molecule has 0 fully saturated rings. The number of aromatic nitrogens is 1. The van der Waals surface area contributed by atoms with Crippen molar-refractivity contribution in [3.63, 3.8) is 0 Å². The van der Waals surface area contributed by atoms with Crippen LogP contribution in [0.25, 0.3) is 10.9 Å². The van der Waals surface area contributed by atoms with Crippen molar-refractivity contribution < 1.29 is 0 Å². The molecule has 0 amide bonds. The maximum Gasteiger partial charge on any atom is 0.0683 e. The predicted octanol–water partition coefficient (Wildman–Crippen LogP) is 4.67. The van der Waals surface area contributed by atoms with Gasteiger partial charge < -0.3 is 4.57 Å². The number of rotatable bonds is 5. The quantitative estimate of drug-likeness (QED) is 0.713. The van der Waals surface area contributed by atoms with Gasteiger partial charge in [0, 0.05) is 23.6 Å². The van der Waals surface area contributed by atoms with E-state index in [4.69, 9.17) is 5.26 Å². The third-order valence-electron chi connectivity index (χ3n) is 3.79. The number of unbranched alkanes of at least 4 members (excludes halogenated alkanes) is 1. The van der Waals surface area contributed by atoms with Crippen LogP contribution in [0.3, 0.4) is 0 Å². The van der Waals surface area contributed by atoms with Crippen LogP contribution < -0.4 is 0 Å². The summed E-state index contributed by atoms with van der Waals surface area (Å²) >= 11 is 0. The topological polar surface area (TPSA) is 28.7 Å². The van der Waals surface area contributed by atoms with Crippen LogP contribution in [-0.4, -0.2) is 4.57 Å². The van der Waals surface area contributed by atoms with Gasteiger partial charge in [0.2, 0.25) is 0 Å². The Balaban J connectivity index is 1.96. The maximum absolute atomic E-state index is 8.99. The van der Waals surface area contributed by atoms with Crippen LogP contribution in [0.2, 0.25) is 0 Å². The third kappa shape index (κ3) is 3.17. The van der Waals surface area contributed by atoms with Crippen molar-refractivity contribution in [2.45, 2.75) is 46.6 Å². The minimum absolute atomic E-state index is 0.185. The zero-order chi connectivity index (χ0) is 13.9. The van der Waals surface area contributed by atoms with E-state index >= 15 is 0 Å². The van der Waals surface area contributed by atoms with E-state index in [1.807, 2.05) is 13.8 Å². The van der Waals surface area contributed by atoms with Crippen LogP contribution in [0.4, 0.5) is 0 Å². The van der Waals surface area contributed by atoms with Crippen LogP contribution in [0, 0.1) is 23.7 Å². The van der Waals surface area contributed by atoms with Gasteiger partial charge in [-0.15, -0.1) is 0 Å². The second-order valence-electron chi connectivity index (χ2n) is 5.97. The number of aryl methyl sites for hydroxylation is 2. The molecule has 2 heteroatoms. The largest absolute Gasteiger partial charge is 0.347 e. The molecule has 2 aromatic rings. The number of hydrogen-bond donors (Lipinski definition) is 0. The molecule has 0 unspecified atom stereocenters. The Kier molecular flexibility index (Phi) is 3.95. The summed E-state index contributed by atoms with van der Waals surface area (Å²) in [6.45, 7) is 7.22. The number of benzene rings is 1. The molecule has 0 radical (unpaired) electrons. The SMILES string of the molecule is Cc1cccc2c1ccn2CCCCC(C)(C)C#N. The molecule has 0 saturated carbocycles. The van der Waals surface area contributed by atoms with Gasteiger partial charge in [0.1, 0.15) is 0 Å². The molecule has 2 nitrogen and oxygen atoms in total. The van der Waals surface area contributed by atoms with Gasteiger partial charge in [-0.2, -0.15) is 5.26 Å². The van der Waals surface area contributed by atoms with E-state index in [1.165, 1.54) is 16.5 Å². The Morgan fingerprint density at radius 2 is 2.00 bits per heavy atom. The summed E-state index contributed by atoms with van der Waals surface area (Å²) in [5, 5.41) is 10.3. The first-order valence-electron chi connectivity index (χ1n) is 6.99. The summed E-state index contributed by atoms with van der Waals surface area (Å²) in [7, 11) is 0. The first kappa shape index (κ1) is 13.7. The van der Waals surface area contributed by atoms with Crippen LogP contribution in [-0.2, 0) is 6.54 Å². The number of nitrogens with zero attached hydrogens (tertiary/aromatic N) is 2. The Bertz CT molecular complexity index is 599. The van der Waals surface area contributed by atoms with E-state index in [9.17, 15) is 0 Å². The van der Waals surface area contributed by atoms with E-state index in [1.54, 1.807) is 0 Å². The number of nitriles is 1. The number of hydrogen-bond acceptors (Lipinski definition) is 1. The van der Waals surface area contributed by atoms with Gasteiger partial charge in [-0.3, -0.25) is 0 Å². The van der Waals surface area contributed by atoms with E-state index in [2.05, 4.69) is 48.0 Å². The Morgan fingerprint density at radius 1 is 1.21 bits per heavy atom. The van der Waals surface area contributed by atoms with Gasteiger partial charge in [0.05, 0.1) is 11.5 Å². The van der Waals surface area contributed by atoms with E-state index < -0.39 is 0 Å². The van der Waals surface area contributed by atoms with E-state index in [0.717, 1.165) is 25.8 Å². The molecule has 0 atom stereocenters. The fraction of sp³-hybridized carbons (Fsp3) is 0.471. The van der Waals surface area contributed by atoms with Crippen molar-refractivity contribution >= 4 is 10.9 Å². The molecule has 100 valence electrons.